The molecule has 1 atom stereocenters. The average molecular weight is 257 g/mol. The molecular weight excluding hydrogens is 240 g/mol. The molecule has 0 saturated carbocycles. The highest BCUT2D eigenvalue weighted by molar-refractivity contribution is 6.31. The molecule has 0 aliphatic heterocycles. The Morgan fingerprint density at radius 2 is 2.18 bits per heavy atom. The Morgan fingerprint density at radius 1 is 1.53 bits per heavy atom. The standard InChI is InChI=1S/C12H17ClN2O2/c1-8(12(16)15(2)3)17-11-6-4-5-10(13)9(11)7-14/h4-6,8H,7,14H2,1-3H3. The van der Waals surface area contributed by atoms with Crippen LogP contribution in [-0.2, 0) is 11.3 Å². The third-order valence-corrected chi connectivity index (χ3v) is 2.73. The largest absolute Gasteiger partial charge is 0.481 e. The molecule has 0 fully saturated rings. The minimum absolute atomic E-state index is 0.104. The monoisotopic (exact) mass is 256 g/mol. The molecule has 1 aromatic carbocycles. The maximum atomic E-state index is 11.7. The highest BCUT2D eigenvalue weighted by Crippen LogP contribution is 2.26. The Bertz CT molecular complexity index is 407. The Labute approximate surface area is 106 Å². The first kappa shape index (κ1) is 13.8. The summed E-state index contributed by atoms with van der Waals surface area (Å²) in [4.78, 5) is 13.2. The molecule has 1 rings (SSSR count). The summed E-state index contributed by atoms with van der Waals surface area (Å²) in [5.74, 6) is 0.454. The minimum atomic E-state index is -0.561. The third kappa shape index (κ3) is 3.35. The summed E-state index contributed by atoms with van der Waals surface area (Å²) in [6.07, 6.45) is -0.561. The van der Waals surface area contributed by atoms with Crippen molar-refractivity contribution in [1.29, 1.82) is 0 Å². The summed E-state index contributed by atoms with van der Waals surface area (Å²) in [5.41, 5.74) is 6.32. The van der Waals surface area contributed by atoms with Crippen LogP contribution in [0.25, 0.3) is 0 Å². The highest BCUT2D eigenvalue weighted by atomic mass is 35.5. The lowest BCUT2D eigenvalue weighted by Gasteiger charge is -2.20. The second-order valence-corrected chi connectivity index (χ2v) is 4.32. The van der Waals surface area contributed by atoms with E-state index >= 15 is 0 Å². The summed E-state index contributed by atoms with van der Waals surface area (Å²) < 4.78 is 5.58. The highest BCUT2D eigenvalue weighted by Gasteiger charge is 2.18. The second kappa shape index (κ2) is 5.89. The molecule has 0 aromatic heterocycles. The molecule has 1 unspecified atom stereocenters. The van der Waals surface area contributed by atoms with E-state index in [-0.39, 0.29) is 12.5 Å². The van der Waals surface area contributed by atoms with Crippen molar-refractivity contribution in [3.8, 4) is 5.75 Å². The van der Waals surface area contributed by atoms with E-state index < -0.39 is 6.10 Å². The average Bonchev–Trinajstić information content (AvgIpc) is 2.28. The van der Waals surface area contributed by atoms with Gasteiger partial charge < -0.3 is 15.4 Å². The van der Waals surface area contributed by atoms with Crippen molar-refractivity contribution in [2.45, 2.75) is 19.6 Å². The molecule has 0 radical (unpaired) electrons. The summed E-state index contributed by atoms with van der Waals surface area (Å²) in [6, 6.07) is 5.27. The molecule has 0 saturated heterocycles. The fourth-order valence-electron chi connectivity index (χ4n) is 1.45. The van der Waals surface area contributed by atoms with Gasteiger partial charge in [-0.2, -0.15) is 0 Å². The number of benzene rings is 1. The van der Waals surface area contributed by atoms with Crippen molar-refractivity contribution in [1.82, 2.24) is 4.90 Å². The topological polar surface area (TPSA) is 55.6 Å². The zero-order valence-corrected chi connectivity index (χ0v) is 11.0. The van der Waals surface area contributed by atoms with Gasteiger partial charge in [0.1, 0.15) is 5.75 Å². The first-order valence-electron chi connectivity index (χ1n) is 5.32. The van der Waals surface area contributed by atoms with Crippen LogP contribution in [0.15, 0.2) is 18.2 Å². The summed E-state index contributed by atoms with van der Waals surface area (Å²) in [6.45, 7) is 1.97. The quantitative estimate of drug-likeness (QED) is 0.891. The van der Waals surface area contributed by atoms with Gasteiger partial charge in [-0.1, -0.05) is 17.7 Å². The van der Waals surface area contributed by atoms with Gasteiger partial charge in [0.05, 0.1) is 0 Å². The van der Waals surface area contributed by atoms with Gasteiger partial charge >= 0.3 is 0 Å². The zero-order valence-electron chi connectivity index (χ0n) is 10.2. The molecule has 0 spiro atoms. The molecule has 0 aliphatic carbocycles. The van der Waals surface area contributed by atoms with Gasteiger partial charge in [-0.3, -0.25) is 4.79 Å². The first-order valence-corrected chi connectivity index (χ1v) is 5.70. The van der Waals surface area contributed by atoms with Gasteiger partial charge in [-0.15, -0.1) is 0 Å². The van der Waals surface area contributed by atoms with Gasteiger partial charge in [0.25, 0.3) is 5.91 Å². The van der Waals surface area contributed by atoms with Crippen LogP contribution in [-0.4, -0.2) is 31.0 Å². The Kier molecular flexibility index (Phi) is 4.78. The minimum Gasteiger partial charge on any atom is -0.481 e. The van der Waals surface area contributed by atoms with E-state index in [1.54, 1.807) is 39.2 Å². The second-order valence-electron chi connectivity index (χ2n) is 3.91. The molecule has 17 heavy (non-hydrogen) atoms. The number of amides is 1. The number of nitrogens with zero attached hydrogens (tertiary/aromatic N) is 1. The summed E-state index contributed by atoms with van der Waals surface area (Å²) in [7, 11) is 3.37. The van der Waals surface area contributed by atoms with Gasteiger partial charge in [-0.25, -0.2) is 0 Å². The Balaban J connectivity index is 2.88. The number of hydrogen-bond acceptors (Lipinski definition) is 3. The smallest absolute Gasteiger partial charge is 0.262 e. The molecular formula is C12H17ClN2O2. The molecule has 94 valence electrons. The van der Waals surface area contributed by atoms with E-state index in [1.807, 2.05) is 0 Å². The number of nitrogens with two attached hydrogens (primary N) is 1. The fraction of sp³-hybridized carbons (Fsp3) is 0.417. The molecule has 2 N–H and O–H groups in total. The third-order valence-electron chi connectivity index (χ3n) is 2.37. The van der Waals surface area contributed by atoms with E-state index in [0.29, 0.717) is 16.3 Å². The molecule has 0 aliphatic rings. The van der Waals surface area contributed by atoms with Crippen LogP contribution in [0.2, 0.25) is 5.02 Å². The van der Waals surface area contributed by atoms with E-state index in [4.69, 9.17) is 22.1 Å². The number of halogens is 1. The number of rotatable bonds is 4. The first-order chi connectivity index (χ1) is 7.97. The predicted octanol–water partition coefficient (Wildman–Crippen LogP) is 1.65. The van der Waals surface area contributed by atoms with Gasteiger partial charge in [0.2, 0.25) is 0 Å². The van der Waals surface area contributed by atoms with Crippen molar-refractivity contribution in [3.05, 3.63) is 28.8 Å². The Hall–Kier alpha value is -1.26. The molecule has 0 bridgehead atoms. The van der Waals surface area contributed by atoms with Crippen molar-refractivity contribution in [3.63, 3.8) is 0 Å². The maximum absolute atomic E-state index is 11.7. The van der Waals surface area contributed by atoms with Gasteiger partial charge in [-0.05, 0) is 19.1 Å². The zero-order chi connectivity index (χ0) is 13.0. The number of carbonyl (C=O) groups excluding carboxylic acids is 1. The number of likely N-dealkylation sites (N-methyl/N-ethyl adjacent to an activating group) is 1. The van der Waals surface area contributed by atoms with Crippen LogP contribution in [0.1, 0.15) is 12.5 Å². The fourth-order valence-corrected chi connectivity index (χ4v) is 1.69. The van der Waals surface area contributed by atoms with Crippen LogP contribution in [0, 0.1) is 0 Å². The SMILES string of the molecule is CC(Oc1cccc(Cl)c1CN)C(=O)N(C)C. The number of hydrogen-bond donors (Lipinski definition) is 1. The maximum Gasteiger partial charge on any atom is 0.262 e. The van der Waals surface area contributed by atoms with Crippen LogP contribution in [0.3, 0.4) is 0 Å². The molecule has 1 aromatic rings. The van der Waals surface area contributed by atoms with Crippen molar-refractivity contribution >= 4 is 17.5 Å². The van der Waals surface area contributed by atoms with Crippen molar-refractivity contribution in [2.24, 2.45) is 5.73 Å². The van der Waals surface area contributed by atoms with Crippen LogP contribution >= 0.6 is 11.6 Å². The molecule has 0 heterocycles. The lowest BCUT2D eigenvalue weighted by atomic mass is 10.2. The van der Waals surface area contributed by atoms with Gasteiger partial charge in [0.15, 0.2) is 6.10 Å². The van der Waals surface area contributed by atoms with Crippen molar-refractivity contribution in [2.75, 3.05) is 14.1 Å². The van der Waals surface area contributed by atoms with E-state index in [0.717, 1.165) is 0 Å². The molecule has 5 heteroatoms. The number of ether oxygens (including phenoxy) is 1. The van der Waals surface area contributed by atoms with Gasteiger partial charge in [0, 0.05) is 31.2 Å². The van der Waals surface area contributed by atoms with E-state index in [2.05, 4.69) is 0 Å². The van der Waals surface area contributed by atoms with Crippen LogP contribution < -0.4 is 10.5 Å². The Morgan fingerprint density at radius 3 is 2.71 bits per heavy atom. The predicted molar refractivity (Wildman–Crippen MR) is 68.1 cm³/mol. The number of carbonyl (C=O) groups is 1. The lowest BCUT2D eigenvalue weighted by Crippen LogP contribution is -2.35. The lowest BCUT2D eigenvalue weighted by molar-refractivity contribution is -0.135. The van der Waals surface area contributed by atoms with E-state index in [1.165, 1.54) is 4.90 Å². The van der Waals surface area contributed by atoms with Crippen LogP contribution in [0.5, 0.6) is 5.75 Å². The molecule has 4 nitrogen and oxygen atoms in total. The molecule has 1 amide bonds. The van der Waals surface area contributed by atoms with Crippen molar-refractivity contribution < 1.29 is 9.53 Å². The van der Waals surface area contributed by atoms with Crippen LogP contribution in [0.4, 0.5) is 0 Å². The summed E-state index contributed by atoms with van der Waals surface area (Å²) in [5, 5.41) is 0.550. The summed E-state index contributed by atoms with van der Waals surface area (Å²) >= 11 is 6.00. The normalized spacial score (nSPS) is 12.1. The van der Waals surface area contributed by atoms with E-state index in [9.17, 15) is 4.79 Å².